The number of aryl methyl sites for hydroxylation is 2. The van der Waals surface area contributed by atoms with Crippen LogP contribution in [-0.2, 0) is 31.8 Å². The number of ether oxygens (including phenoxy) is 6. The molecule has 0 aromatic heterocycles. The van der Waals surface area contributed by atoms with Crippen LogP contribution < -0.4 is 21.9 Å². The highest BCUT2D eigenvalue weighted by Crippen LogP contribution is 2.23. The summed E-state index contributed by atoms with van der Waals surface area (Å²) >= 11 is 0. The van der Waals surface area contributed by atoms with Gasteiger partial charge in [0, 0.05) is 12.8 Å². The van der Waals surface area contributed by atoms with E-state index in [1.165, 1.54) is 73.9 Å². The van der Waals surface area contributed by atoms with E-state index in [1.54, 1.807) is 0 Å². The molecule has 0 unspecified atom stereocenters. The molecular formula is C35H57Cl2NO8. The first kappa shape index (κ1) is 42.4. The average molecular weight is 691 g/mol. The molecule has 3 rings (SSSR count). The van der Waals surface area contributed by atoms with E-state index in [-0.39, 0.29) is 38.0 Å². The summed E-state index contributed by atoms with van der Waals surface area (Å²) in [5.74, 6) is 1.75. The minimum absolute atomic E-state index is 0. The highest BCUT2D eigenvalue weighted by Gasteiger charge is 2.28. The molecule has 1 heterocycles. The molecule has 264 valence electrons. The zero-order valence-electron chi connectivity index (χ0n) is 27.5. The van der Waals surface area contributed by atoms with Crippen molar-refractivity contribution < 1.29 is 55.5 Å². The minimum Gasteiger partial charge on any atom is -1.00 e. The largest absolute Gasteiger partial charge is 1.00 e. The second kappa shape index (κ2) is 27.3. The standard InChI is InChI=1S/C35H56NO8.2ClH/c37-20-22-39-24-26-41-28-30-43-34-12-8-32(9-13-34)6-4-18-36(16-2-1-3-17-36)19-5-7-33-10-14-35(15-11-33)44-31-29-42-27-25-40-23-21-38;;/h8-15,37-38H,1-7,16-31H2;2*1H/q+1;;/p-1. The van der Waals surface area contributed by atoms with Crippen molar-refractivity contribution in [1.82, 2.24) is 0 Å². The van der Waals surface area contributed by atoms with Crippen molar-refractivity contribution in [2.24, 2.45) is 0 Å². The van der Waals surface area contributed by atoms with Crippen LogP contribution in [0.2, 0.25) is 0 Å². The first-order valence-corrected chi connectivity index (χ1v) is 16.5. The van der Waals surface area contributed by atoms with Gasteiger partial charge >= 0.3 is 0 Å². The molecule has 1 fully saturated rings. The number of quaternary nitrogens is 1. The van der Waals surface area contributed by atoms with Crippen molar-refractivity contribution in [3.8, 4) is 11.5 Å². The lowest BCUT2D eigenvalue weighted by Gasteiger charge is -2.42. The molecule has 11 heteroatoms. The Labute approximate surface area is 288 Å². The Morgan fingerprint density at radius 3 is 1.26 bits per heavy atom. The lowest BCUT2D eigenvalue weighted by molar-refractivity contribution is -0.932. The van der Waals surface area contributed by atoms with E-state index in [2.05, 4.69) is 48.5 Å². The van der Waals surface area contributed by atoms with E-state index in [0.717, 1.165) is 24.3 Å². The summed E-state index contributed by atoms with van der Waals surface area (Å²) in [4.78, 5) is 0. The number of halogens is 2. The number of nitrogens with zero attached hydrogens (tertiary/aromatic N) is 1. The van der Waals surface area contributed by atoms with E-state index in [9.17, 15) is 0 Å². The molecule has 9 nitrogen and oxygen atoms in total. The molecule has 2 aromatic rings. The first-order chi connectivity index (χ1) is 21.7. The Balaban J connectivity index is 0.00000529. The summed E-state index contributed by atoms with van der Waals surface area (Å²) in [5, 5.41) is 17.4. The maximum atomic E-state index is 8.69. The van der Waals surface area contributed by atoms with Gasteiger partial charge in [-0.1, -0.05) is 24.3 Å². The summed E-state index contributed by atoms with van der Waals surface area (Å²) in [6.45, 7) is 9.95. The van der Waals surface area contributed by atoms with Crippen molar-refractivity contribution in [2.45, 2.75) is 44.9 Å². The number of aliphatic hydroxyl groups is 2. The molecule has 0 amide bonds. The second-order valence-corrected chi connectivity index (χ2v) is 11.4. The van der Waals surface area contributed by atoms with Crippen LogP contribution in [-0.4, -0.2) is 120 Å². The van der Waals surface area contributed by atoms with Gasteiger partial charge in [0.1, 0.15) is 24.7 Å². The average Bonchev–Trinajstić information content (AvgIpc) is 3.05. The zero-order valence-corrected chi connectivity index (χ0v) is 29.0. The lowest BCUT2D eigenvalue weighted by atomic mass is 10.0. The Hall–Kier alpha value is -1.66. The molecule has 46 heavy (non-hydrogen) atoms. The normalized spacial score (nSPS) is 13.9. The molecule has 0 bridgehead atoms. The number of benzene rings is 2. The maximum absolute atomic E-state index is 8.69. The Morgan fingerprint density at radius 2 is 0.870 bits per heavy atom. The topological polar surface area (TPSA) is 95.8 Å². The van der Waals surface area contributed by atoms with E-state index in [1.807, 2.05) is 0 Å². The maximum Gasteiger partial charge on any atom is 0.119 e. The summed E-state index contributed by atoms with van der Waals surface area (Å²) in [7, 11) is 0. The van der Waals surface area contributed by atoms with Crippen LogP contribution in [0.4, 0.5) is 0 Å². The van der Waals surface area contributed by atoms with Gasteiger partial charge in [0.15, 0.2) is 0 Å². The molecular weight excluding hydrogens is 633 g/mol. The van der Waals surface area contributed by atoms with E-state index in [4.69, 9.17) is 38.6 Å². The SMILES string of the molecule is Cl.OCCOCCOCCOc1ccc(CCC[N+]2(CCCc3ccc(OCCOCCOCCO)cc3)CCCCC2)cc1.[Cl-]. The van der Waals surface area contributed by atoms with Crippen molar-refractivity contribution >= 4 is 12.4 Å². The summed E-state index contributed by atoms with van der Waals surface area (Å²) in [5.41, 5.74) is 2.73. The van der Waals surface area contributed by atoms with Gasteiger partial charge in [-0.25, -0.2) is 0 Å². The Bertz CT molecular complexity index is 891. The zero-order chi connectivity index (χ0) is 31.0. The summed E-state index contributed by atoms with van der Waals surface area (Å²) < 4.78 is 34.2. The predicted molar refractivity (Wildman–Crippen MR) is 179 cm³/mol. The fraction of sp³-hybridized carbons (Fsp3) is 0.657. The quantitative estimate of drug-likeness (QED) is 0.113. The van der Waals surface area contributed by atoms with Crippen LogP contribution in [0.5, 0.6) is 11.5 Å². The Morgan fingerprint density at radius 1 is 0.500 bits per heavy atom. The molecule has 1 aliphatic rings. The van der Waals surface area contributed by atoms with Crippen LogP contribution in [0.3, 0.4) is 0 Å². The van der Waals surface area contributed by atoms with Crippen LogP contribution in [0.15, 0.2) is 48.5 Å². The van der Waals surface area contributed by atoms with Gasteiger partial charge in [-0.3, -0.25) is 0 Å². The van der Waals surface area contributed by atoms with Crippen LogP contribution in [0.1, 0.15) is 43.2 Å². The monoisotopic (exact) mass is 689 g/mol. The molecule has 0 atom stereocenters. The van der Waals surface area contributed by atoms with Gasteiger partial charge in [-0.15, -0.1) is 12.4 Å². The van der Waals surface area contributed by atoms with Crippen molar-refractivity contribution in [1.29, 1.82) is 0 Å². The molecule has 0 aliphatic carbocycles. The summed E-state index contributed by atoms with van der Waals surface area (Å²) in [6.07, 6.45) is 8.67. The molecule has 0 spiro atoms. The lowest BCUT2D eigenvalue weighted by Crippen LogP contribution is -3.00. The minimum atomic E-state index is 0. The molecule has 1 saturated heterocycles. The highest BCUT2D eigenvalue weighted by molar-refractivity contribution is 5.85. The Kier molecular flexibility index (Phi) is 25.1. The van der Waals surface area contributed by atoms with Gasteiger partial charge in [0.25, 0.3) is 0 Å². The van der Waals surface area contributed by atoms with E-state index in [0.29, 0.717) is 66.1 Å². The second-order valence-electron chi connectivity index (χ2n) is 11.4. The molecule has 2 aromatic carbocycles. The van der Waals surface area contributed by atoms with Crippen molar-refractivity contribution in [3.63, 3.8) is 0 Å². The fourth-order valence-corrected chi connectivity index (χ4v) is 5.69. The van der Waals surface area contributed by atoms with Gasteiger partial charge in [0.05, 0.1) is 92.2 Å². The van der Waals surface area contributed by atoms with Crippen molar-refractivity contribution in [2.75, 3.05) is 105 Å². The smallest absolute Gasteiger partial charge is 0.119 e. The van der Waals surface area contributed by atoms with E-state index >= 15 is 0 Å². The fourth-order valence-electron chi connectivity index (χ4n) is 5.69. The number of hydrogen-bond donors (Lipinski definition) is 2. The van der Waals surface area contributed by atoms with Crippen LogP contribution >= 0.6 is 12.4 Å². The van der Waals surface area contributed by atoms with Gasteiger partial charge in [-0.05, 0) is 67.5 Å². The van der Waals surface area contributed by atoms with Crippen LogP contribution in [0.25, 0.3) is 0 Å². The third kappa shape index (κ3) is 18.6. The molecule has 0 radical (unpaired) electrons. The van der Waals surface area contributed by atoms with Crippen LogP contribution in [0, 0.1) is 0 Å². The van der Waals surface area contributed by atoms with Crippen molar-refractivity contribution in [3.05, 3.63) is 59.7 Å². The van der Waals surface area contributed by atoms with Gasteiger partial charge < -0.3 is 55.5 Å². The molecule has 1 aliphatic heterocycles. The third-order valence-electron chi connectivity index (χ3n) is 8.02. The number of aliphatic hydroxyl groups excluding tert-OH is 2. The number of hydrogen-bond acceptors (Lipinski definition) is 8. The number of likely N-dealkylation sites (tertiary alicyclic amines) is 1. The third-order valence-corrected chi connectivity index (χ3v) is 8.02. The predicted octanol–water partition coefficient (Wildman–Crippen LogP) is 1.49. The van der Waals surface area contributed by atoms with Gasteiger partial charge in [-0.2, -0.15) is 0 Å². The number of piperidine rings is 1. The summed E-state index contributed by atoms with van der Waals surface area (Å²) in [6, 6.07) is 17.0. The highest BCUT2D eigenvalue weighted by atomic mass is 35.5. The first-order valence-electron chi connectivity index (χ1n) is 16.5. The molecule has 0 saturated carbocycles. The number of rotatable bonds is 26. The molecule has 2 N–H and O–H groups in total. The van der Waals surface area contributed by atoms with Gasteiger partial charge in [0.2, 0.25) is 0 Å². The van der Waals surface area contributed by atoms with E-state index < -0.39 is 0 Å².